The molecule has 0 aliphatic carbocycles. The fourth-order valence-electron chi connectivity index (χ4n) is 3.48. The molecule has 0 N–H and O–H groups in total. The van der Waals surface area contributed by atoms with Gasteiger partial charge in [0.1, 0.15) is 6.04 Å². The number of amides is 2. The summed E-state index contributed by atoms with van der Waals surface area (Å²) in [6.07, 6.45) is 0. The van der Waals surface area contributed by atoms with Crippen LogP contribution < -0.4 is 0 Å². The number of hydrogen-bond acceptors (Lipinski definition) is 5. The van der Waals surface area contributed by atoms with Gasteiger partial charge in [0.05, 0.1) is 4.75 Å². The molecule has 7 nitrogen and oxygen atoms in total. The molecule has 2 amide bonds. The number of carbonyl (C=O) groups excluding carboxylic acids is 2. The number of β-lactam (4-membered cyclic amide) rings is 1. The summed E-state index contributed by atoms with van der Waals surface area (Å²) in [5.41, 5.74) is 0. The van der Waals surface area contributed by atoms with Crippen molar-refractivity contribution >= 4 is 53.5 Å². The molecular weight excluding hydrogens is 454 g/mol. The summed E-state index contributed by atoms with van der Waals surface area (Å²) in [4.78, 5) is 30.4. The van der Waals surface area contributed by atoms with E-state index in [9.17, 15) is 18.0 Å². The molecule has 3 heterocycles. The highest BCUT2D eigenvalue weighted by Gasteiger charge is 2.77. The van der Waals surface area contributed by atoms with Crippen LogP contribution in [0.25, 0.3) is 0 Å². The van der Waals surface area contributed by atoms with E-state index in [1.165, 1.54) is 18.7 Å². The lowest BCUT2D eigenvalue weighted by Gasteiger charge is -2.47. The Labute approximate surface area is 152 Å². The van der Waals surface area contributed by atoms with E-state index in [-0.39, 0.29) is 5.91 Å². The molecule has 0 spiro atoms. The molecular formula is C13H19Br2N3O4S. The van der Waals surface area contributed by atoms with Crippen LogP contribution >= 0.6 is 31.9 Å². The van der Waals surface area contributed by atoms with Gasteiger partial charge in [0.25, 0.3) is 5.91 Å². The molecule has 0 aromatic heterocycles. The Morgan fingerprint density at radius 2 is 1.70 bits per heavy atom. The summed E-state index contributed by atoms with van der Waals surface area (Å²) < 4.78 is 23.1. The van der Waals surface area contributed by atoms with Crippen molar-refractivity contribution in [2.75, 3.05) is 33.2 Å². The normalized spacial score (nSPS) is 34.9. The molecule has 3 aliphatic heterocycles. The largest absolute Gasteiger partial charge is 0.338 e. The number of halogens is 2. The molecule has 130 valence electrons. The molecule has 3 aliphatic rings. The maximum absolute atomic E-state index is 13.0. The number of carbonyl (C=O) groups is 2. The Hall–Kier alpha value is -0.190. The molecule has 0 radical (unpaired) electrons. The Bertz CT molecular complexity index is 671. The van der Waals surface area contributed by atoms with Crippen molar-refractivity contribution in [1.29, 1.82) is 0 Å². The van der Waals surface area contributed by atoms with E-state index in [1.807, 2.05) is 7.05 Å². The van der Waals surface area contributed by atoms with Gasteiger partial charge >= 0.3 is 0 Å². The Morgan fingerprint density at radius 1 is 1.17 bits per heavy atom. The van der Waals surface area contributed by atoms with Crippen LogP contribution in [0, 0.1) is 0 Å². The van der Waals surface area contributed by atoms with Crippen molar-refractivity contribution in [3.63, 3.8) is 0 Å². The van der Waals surface area contributed by atoms with Gasteiger partial charge in [-0.05, 0) is 20.9 Å². The first-order valence-corrected chi connectivity index (χ1v) is 10.5. The van der Waals surface area contributed by atoms with Crippen LogP contribution in [0.3, 0.4) is 0 Å². The number of hydrogen-bond donors (Lipinski definition) is 0. The minimum absolute atomic E-state index is 0.280. The number of rotatable bonds is 1. The predicted octanol–water partition coefficient (Wildman–Crippen LogP) is -0.00960. The number of alkyl halides is 2. The summed E-state index contributed by atoms with van der Waals surface area (Å²) in [5.74, 6) is -0.692. The van der Waals surface area contributed by atoms with Crippen LogP contribution in [0.2, 0.25) is 0 Å². The van der Waals surface area contributed by atoms with E-state index in [0.717, 1.165) is 13.1 Å². The van der Waals surface area contributed by atoms with Crippen molar-refractivity contribution in [1.82, 2.24) is 14.7 Å². The molecule has 2 atom stereocenters. The monoisotopic (exact) mass is 471 g/mol. The van der Waals surface area contributed by atoms with E-state index < -0.39 is 35.1 Å². The van der Waals surface area contributed by atoms with Gasteiger partial charge in [0, 0.05) is 26.2 Å². The lowest BCUT2D eigenvalue weighted by Crippen LogP contribution is -2.70. The minimum atomic E-state index is -3.70. The Kier molecular flexibility index (Phi) is 3.95. The maximum Gasteiger partial charge on any atom is 0.255 e. The van der Waals surface area contributed by atoms with E-state index in [2.05, 4.69) is 36.8 Å². The third-order valence-corrected chi connectivity index (χ3v) is 10.1. The molecule has 0 bridgehead atoms. The second-order valence-electron chi connectivity index (χ2n) is 6.87. The van der Waals surface area contributed by atoms with Crippen molar-refractivity contribution in [2.24, 2.45) is 0 Å². The van der Waals surface area contributed by atoms with Crippen molar-refractivity contribution in [3.8, 4) is 0 Å². The SMILES string of the molecule is CN1CCN(C(=O)[C@H]2N3C(=O)C(Br)(Br)[C@H]3S(=O)(=O)C2(C)C)CC1. The van der Waals surface area contributed by atoms with Crippen molar-refractivity contribution < 1.29 is 18.0 Å². The average molecular weight is 473 g/mol. The minimum Gasteiger partial charge on any atom is -0.338 e. The number of sulfone groups is 1. The fourth-order valence-corrected chi connectivity index (χ4v) is 7.92. The van der Waals surface area contributed by atoms with Gasteiger partial charge in [-0.3, -0.25) is 9.59 Å². The first kappa shape index (κ1) is 17.6. The van der Waals surface area contributed by atoms with Gasteiger partial charge < -0.3 is 14.7 Å². The van der Waals surface area contributed by atoms with Gasteiger partial charge in [-0.25, -0.2) is 8.42 Å². The fraction of sp³-hybridized carbons (Fsp3) is 0.846. The summed E-state index contributed by atoms with van der Waals surface area (Å²) in [7, 11) is -1.72. The topological polar surface area (TPSA) is 78.0 Å². The van der Waals surface area contributed by atoms with Gasteiger partial charge in [0.15, 0.2) is 18.4 Å². The van der Waals surface area contributed by atoms with Crippen molar-refractivity contribution in [2.45, 2.75) is 33.2 Å². The third-order valence-electron chi connectivity index (χ3n) is 5.10. The zero-order chi connectivity index (χ0) is 17.4. The summed E-state index contributed by atoms with van der Waals surface area (Å²) in [6.45, 7) is 5.63. The lowest BCUT2D eigenvalue weighted by atomic mass is 9.96. The summed E-state index contributed by atoms with van der Waals surface area (Å²) >= 11 is 6.32. The van der Waals surface area contributed by atoms with Gasteiger partial charge in [0.2, 0.25) is 5.91 Å². The van der Waals surface area contributed by atoms with Gasteiger partial charge in [-0.1, -0.05) is 31.9 Å². The van der Waals surface area contributed by atoms with Crippen molar-refractivity contribution in [3.05, 3.63) is 0 Å². The molecule has 0 unspecified atom stereocenters. The van der Waals surface area contributed by atoms with Crippen LogP contribution in [-0.4, -0.2) is 87.6 Å². The predicted molar refractivity (Wildman–Crippen MR) is 92.1 cm³/mol. The Balaban J connectivity index is 1.96. The van der Waals surface area contributed by atoms with E-state index in [0.29, 0.717) is 13.1 Å². The molecule has 3 saturated heterocycles. The molecule has 10 heteroatoms. The molecule has 23 heavy (non-hydrogen) atoms. The standard InChI is InChI=1S/C13H19Br2N3O4S/c1-12(2)8(9(19)17-6-4-16(3)5-7-17)18-10(20)13(14,15)11(18)23(12,21)22/h8,11H,4-7H2,1-3H3/t8-,11-/m1/s1. The number of fused-ring (bicyclic) bond motifs is 1. The zero-order valence-corrected chi connectivity index (χ0v) is 17.1. The van der Waals surface area contributed by atoms with Gasteiger partial charge in [-0.2, -0.15) is 0 Å². The first-order valence-electron chi connectivity index (χ1n) is 7.35. The van der Waals surface area contributed by atoms with Crippen LogP contribution in [-0.2, 0) is 19.4 Å². The van der Waals surface area contributed by atoms with E-state index in [4.69, 9.17) is 0 Å². The van der Waals surface area contributed by atoms with E-state index >= 15 is 0 Å². The molecule has 0 saturated carbocycles. The van der Waals surface area contributed by atoms with Crippen LogP contribution in [0.5, 0.6) is 0 Å². The molecule has 0 aromatic rings. The Morgan fingerprint density at radius 3 is 2.22 bits per heavy atom. The highest BCUT2D eigenvalue weighted by atomic mass is 79.9. The second kappa shape index (κ2) is 5.15. The number of nitrogens with zero attached hydrogens (tertiary/aromatic N) is 3. The molecule has 3 fully saturated rings. The summed E-state index contributed by atoms with van der Waals surface area (Å²) in [6, 6.07) is -0.975. The van der Waals surface area contributed by atoms with E-state index in [1.54, 1.807) is 4.90 Å². The first-order chi connectivity index (χ1) is 10.4. The average Bonchev–Trinajstić information content (AvgIpc) is 2.61. The molecule has 0 aromatic carbocycles. The highest BCUT2D eigenvalue weighted by Crippen LogP contribution is 2.56. The lowest BCUT2D eigenvalue weighted by molar-refractivity contribution is -0.154. The summed E-state index contributed by atoms with van der Waals surface area (Å²) in [5, 5.41) is -1.06. The second-order valence-corrected chi connectivity index (χ2v) is 13.0. The van der Waals surface area contributed by atoms with Crippen LogP contribution in [0.15, 0.2) is 0 Å². The van der Waals surface area contributed by atoms with Crippen LogP contribution in [0.4, 0.5) is 0 Å². The maximum atomic E-state index is 13.0. The zero-order valence-electron chi connectivity index (χ0n) is 13.1. The molecule has 3 rings (SSSR count). The quantitative estimate of drug-likeness (QED) is 0.396. The highest BCUT2D eigenvalue weighted by molar-refractivity contribution is 9.26. The number of likely N-dealkylation sites (N-methyl/N-ethyl adjacent to an activating group) is 1. The van der Waals surface area contributed by atoms with Gasteiger partial charge in [-0.15, -0.1) is 0 Å². The number of piperazine rings is 1. The smallest absolute Gasteiger partial charge is 0.255 e. The third kappa shape index (κ3) is 2.17. The van der Waals surface area contributed by atoms with Crippen LogP contribution in [0.1, 0.15) is 13.8 Å².